The smallest absolute Gasteiger partial charge is 0.475 e. The van der Waals surface area contributed by atoms with Gasteiger partial charge in [-0.2, -0.15) is 13.2 Å². The summed E-state index contributed by atoms with van der Waals surface area (Å²) in [6.45, 7) is 0. The minimum atomic E-state index is -5.08. The first-order chi connectivity index (χ1) is 10.6. The molecule has 2 N–H and O–H groups in total. The maximum absolute atomic E-state index is 10.7. The molecule has 0 aromatic carbocycles. The summed E-state index contributed by atoms with van der Waals surface area (Å²) in [7, 11) is 0. The fourth-order valence-corrected chi connectivity index (χ4v) is 1.80. The Kier molecular flexibility index (Phi) is 6.25. The van der Waals surface area contributed by atoms with Crippen molar-refractivity contribution >= 4 is 11.7 Å². The number of alkyl halides is 3. The van der Waals surface area contributed by atoms with E-state index in [9.17, 15) is 28.4 Å². The summed E-state index contributed by atoms with van der Waals surface area (Å²) in [6.07, 6.45) is -2.34. The number of pyridine rings is 1. The van der Waals surface area contributed by atoms with E-state index in [1.54, 1.807) is 0 Å². The Morgan fingerprint density at radius 2 is 2.04 bits per heavy atom. The fraction of sp³-hybridized carbons (Fsp3) is 0.500. The van der Waals surface area contributed by atoms with Gasteiger partial charge in [0.15, 0.2) is 0 Å². The number of aliphatic hydroxyl groups is 1. The standard InChI is InChI=1S/C10H12N2O4.C2HF3O2/c13-8-4-1-5-9(8)16-10-7(12(14)15)3-2-6-11-10;3-2(4,5)1(6)7/h2-3,6,8-9,13H,1,4-5H2;(H,6,7)/t8-,9-;/m1./s1. The molecule has 0 radical (unpaired) electrons. The molecule has 0 saturated heterocycles. The van der Waals surface area contributed by atoms with Crippen LogP contribution in [0.3, 0.4) is 0 Å². The second kappa shape index (κ2) is 7.72. The average molecular weight is 338 g/mol. The maximum Gasteiger partial charge on any atom is 0.490 e. The molecule has 128 valence electrons. The zero-order valence-corrected chi connectivity index (χ0v) is 11.6. The number of carbonyl (C=O) groups is 1. The third-order valence-electron chi connectivity index (χ3n) is 2.87. The summed E-state index contributed by atoms with van der Waals surface area (Å²) in [6, 6.07) is 2.82. The van der Waals surface area contributed by atoms with E-state index in [1.165, 1.54) is 18.3 Å². The van der Waals surface area contributed by atoms with E-state index >= 15 is 0 Å². The van der Waals surface area contributed by atoms with Crippen molar-refractivity contribution in [3.8, 4) is 5.88 Å². The van der Waals surface area contributed by atoms with Gasteiger partial charge in [0.05, 0.1) is 11.0 Å². The highest BCUT2D eigenvalue weighted by atomic mass is 19.4. The van der Waals surface area contributed by atoms with E-state index in [4.69, 9.17) is 14.6 Å². The summed E-state index contributed by atoms with van der Waals surface area (Å²) in [5, 5.41) is 27.4. The molecule has 2 atom stereocenters. The number of aliphatic hydroxyl groups excluding tert-OH is 1. The van der Waals surface area contributed by atoms with Crippen molar-refractivity contribution in [2.75, 3.05) is 0 Å². The summed E-state index contributed by atoms with van der Waals surface area (Å²) < 4.78 is 37.1. The molecule has 1 heterocycles. The van der Waals surface area contributed by atoms with Crippen molar-refractivity contribution in [3.63, 3.8) is 0 Å². The van der Waals surface area contributed by atoms with E-state index in [0.717, 1.165) is 6.42 Å². The van der Waals surface area contributed by atoms with Gasteiger partial charge in [0.2, 0.25) is 0 Å². The second-order valence-corrected chi connectivity index (χ2v) is 4.54. The van der Waals surface area contributed by atoms with Crippen LogP contribution in [-0.4, -0.2) is 44.5 Å². The lowest BCUT2D eigenvalue weighted by atomic mass is 10.2. The van der Waals surface area contributed by atoms with E-state index in [2.05, 4.69) is 4.98 Å². The molecule has 0 bridgehead atoms. The van der Waals surface area contributed by atoms with Crippen molar-refractivity contribution in [3.05, 3.63) is 28.4 Å². The highest BCUT2D eigenvalue weighted by molar-refractivity contribution is 5.73. The lowest BCUT2D eigenvalue weighted by Crippen LogP contribution is -2.26. The lowest BCUT2D eigenvalue weighted by Gasteiger charge is -2.15. The number of aromatic nitrogens is 1. The quantitative estimate of drug-likeness (QED) is 0.637. The van der Waals surface area contributed by atoms with Crippen LogP contribution in [0.15, 0.2) is 18.3 Å². The van der Waals surface area contributed by atoms with Crippen LogP contribution in [-0.2, 0) is 4.79 Å². The van der Waals surface area contributed by atoms with Gasteiger partial charge in [-0.25, -0.2) is 9.78 Å². The van der Waals surface area contributed by atoms with Gasteiger partial charge in [-0.15, -0.1) is 0 Å². The summed E-state index contributed by atoms with van der Waals surface area (Å²) in [5.41, 5.74) is -0.165. The predicted molar refractivity (Wildman–Crippen MR) is 68.9 cm³/mol. The van der Waals surface area contributed by atoms with E-state index in [-0.39, 0.29) is 17.7 Å². The van der Waals surface area contributed by atoms with Gasteiger partial charge in [0.1, 0.15) is 6.10 Å². The van der Waals surface area contributed by atoms with Crippen LogP contribution in [0.2, 0.25) is 0 Å². The van der Waals surface area contributed by atoms with E-state index < -0.39 is 23.2 Å². The first-order valence-corrected chi connectivity index (χ1v) is 6.37. The number of rotatable bonds is 3. The predicted octanol–water partition coefficient (Wildman–Crippen LogP) is 1.92. The van der Waals surface area contributed by atoms with Crippen molar-refractivity contribution in [2.24, 2.45) is 0 Å². The van der Waals surface area contributed by atoms with Crippen molar-refractivity contribution in [1.29, 1.82) is 0 Å². The number of hydrogen-bond acceptors (Lipinski definition) is 6. The summed E-state index contributed by atoms with van der Waals surface area (Å²) in [5.74, 6) is -2.77. The monoisotopic (exact) mass is 338 g/mol. The zero-order valence-electron chi connectivity index (χ0n) is 11.6. The van der Waals surface area contributed by atoms with Gasteiger partial charge in [0.25, 0.3) is 5.88 Å². The number of hydrogen-bond donors (Lipinski definition) is 2. The number of aliphatic carboxylic acids is 1. The number of halogens is 3. The van der Waals surface area contributed by atoms with Gasteiger partial charge in [-0.3, -0.25) is 10.1 Å². The molecule has 1 aliphatic rings. The molecule has 23 heavy (non-hydrogen) atoms. The van der Waals surface area contributed by atoms with Crippen LogP contribution >= 0.6 is 0 Å². The first-order valence-electron chi connectivity index (χ1n) is 6.37. The highest BCUT2D eigenvalue weighted by Crippen LogP contribution is 2.29. The van der Waals surface area contributed by atoms with E-state index in [0.29, 0.717) is 12.8 Å². The summed E-state index contributed by atoms with van der Waals surface area (Å²) >= 11 is 0. The molecule has 0 unspecified atom stereocenters. The maximum atomic E-state index is 10.7. The van der Waals surface area contributed by atoms with Crippen molar-refractivity contribution < 1.29 is 37.8 Å². The van der Waals surface area contributed by atoms with Crippen molar-refractivity contribution in [1.82, 2.24) is 4.98 Å². The Labute approximate surface area is 127 Å². The fourth-order valence-electron chi connectivity index (χ4n) is 1.80. The van der Waals surface area contributed by atoms with E-state index in [1.807, 2.05) is 0 Å². The molecule has 2 rings (SSSR count). The first kappa shape index (κ1) is 18.6. The number of nitrogens with zero attached hydrogens (tertiary/aromatic N) is 2. The number of ether oxygens (including phenoxy) is 1. The molecule has 8 nitrogen and oxygen atoms in total. The molecule has 1 aromatic heterocycles. The Balaban J connectivity index is 0.000000322. The summed E-state index contributed by atoms with van der Waals surface area (Å²) in [4.78, 5) is 22.9. The van der Waals surface area contributed by atoms with Crippen LogP contribution in [0.1, 0.15) is 19.3 Å². The minimum Gasteiger partial charge on any atom is -0.475 e. The molecule has 1 fully saturated rings. The average Bonchev–Trinajstić information content (AvgIpc) is 2.84. The van der Waals surface area contributed by atoms with Crippen LogP contribution < -0.4 is 4.74 Å². The van der Waals surface area contributed by atoms with Gasteiger partial charge in [-0.1, -0.05) is 0 Å². The molecule has 11 heteroatoms. The Hall–Kier alpha value is -2.43. The molecule has 1 aromatic rings. The normalized spacial score (nSPS) is 20.3. The largest absolute Gasteiger partial charge is 0.490 e. The Bertz CT molecular complexity index is 566. The SMILES string of the molecule is O=C(O)C(F)(F)F.O=[N+]([O-])c1cccnc1O[C@@H]1CCC[C@H]1O. The van der Waals surface area contributed by atoms with Gasteiger partial charge >= 0.3 is 17.8 Å². The van der Waals surface area contributed by atoms with Crippen molar-refractivity contribution in [2.45, 2.75) is 37.6 Å². The molecule has 0 amide bonds. The molecule has 1 aliphatic carbocycles. The van der Waals surface area contributed by atoms with Gasteiger partial charge in [-0.05, 0) is 25.3 Å². The second-order valence-electron chi connectivity index (χ2n) is 4.54. The molecular formula is C12H13F3N2O6. The molecule has 1 saturated carbocycles. The highest BCUT2D eigenvalue weighted by Gasteiger charge is 2.38. The Morgan fingerprint density at radius 1 is 1.43 bits per heavy atom. The molecular weight excluding hydrogens is 325 g/mol. The third kappa shape index (κ3) is 5.70. The third-order valence-corrected chi connectivity index (χ3v) is 2.87. The molecule has 0 aliphatic heterocycles. The topological polar surface area (TPSA) is 123 Å². The van der Waals surface area contributed by atoms with Gasteiger partial charge < -0.3 is 14.9 Å². The number of carboxylic acid groups (broad SMARTS) is 1. The van der Waals surface area contributed by atoms with Crippen LogP contribution in [0.25, 0.3) is 0 Å². The zero-order chi connectivity index (χ0) is 17.6. The number of carboxylic acids is 1. The minimum absolute atomic E-state index is 0.0153. The van der Waals surface area contributed by atoms with Crippen LogP contribution in [0, 0.1) is 10.1 Å². The van der Waals surface area contributed by atoms with Crippen LogP contribution in [0.5, 0.6) is 5.88 Å². The molecule has 0 spiro atoms. The van der Waals surface area contributed by atoms with Crippen LogP contribution in [0.4, 0.5) is 18.9 Å². The number of nitro groups is 1. The lowest BCUT2D eigenvalue weighted by molar-refractivity contribution is -0.386. The Morgan fingerprint density at radius 3 is 2.48 bits per heavy atom. The van der Waals surface area contributed by atoms with Gasteiger partial charge in [0, 0.05) is 12.3 Å².